The molecule has 3 aliphatic rings. The highest BCUT2D eigenvalue weighted by Gasteiger charge is 2.40. The lowest BCUT2D eigenvalue weighted by Crippen LogP contribution is -2.44. The van der Waals surface area contributed by atoms with Gasteiger partial charge in [-0.3, -0.25) is 5.10 Å². The minimum Gasteiger partial charge on any atom is -0.486 e. The molecule has 55 heavy (non-hydrogen) atoms. The summed E-state index contributed by atoms with van der Waals surface area (Å²) in [5.41, 5.74) is 6.08. The lowest BCUT2D eigenvalue weighted by atomic mass is 9.91. The van der Waals surface area contributed by atoms with Gasteiger partial charge in [-0.25, -0.2) is 9.07 Å². The van der Waals surface area contributed by atoms with Gasteiger partial charge >= 0.3 is 6.01 Å². The van der Waals surface area contributed by atoms with E-state index < -0.39 is 5.82 Å². The van der Waals surface area contributed by atoms with E-state index in [1.54, 1.807) is 13.3 Å². The van der Waals surface area contributed by atoms with Crippen LogP contribution in [0.3, 0.4) is 0 Å². The minimum absolute atomic E-state index is 0.00628. The molecular formula is C41H45ClFN9O3. The topological polar surface area (TPSA) is 128 Å². The van der Waals surface area contributed by atoms with Crippen LogP contribution in [-0.2, 0) is 11.3 Å². The van der Waals surface area contributed by atoms with Gasteiger partial charge in [0.2, 0.25) is 0 Å². The summed E-state index contributed by atoms with van der Waals surface area (Å²) in [4.78, 5) is 12.5. The zero-order chi connectivity index (χ0) is 38.0. The van der Waals surface area contributed by atoms with Crippen LogP contribution in [-0.4, -0.2) is 80.2 Å². The average molecular weight is 766 g/mol. The second-order valence-corrected chi connectivity index (χ2v) is 16.0. The molecule has 4 atom stereocenters. The number of fused-ring (bicyclic) bond motifs is 4. The van der Waals surface area contributed by atoms with Crippen molar-refractivity contribution in [1.29, 1.82) is 0 Å². The van der Waals surface area contributed by atoms with E-state index in [1.165, 1.54) is 6.07 Å². The molecule has 286 valence electrons. The predicted molar refractivity (Wildman–Crippen MR) is 210 cm³/mol. The first-order chi connectivity index (χ1) is 26.7. The minimum atomic E-state index is -0.543. The Balaban J connectivity index is 1.20. The summed E-state index contributed by atoms with van der Waals surface area (Å²) in [5, 5.41) is 21.2. The number of ether oxygens (including phenoxy) is 3. The number of methoxy groups -OCH3 is 1. The lowest BCUT2D eigenvalue weighted by Gasteiger charge is -2.30. The van der Waals surface area contributed by atoms with E-state index in [-0.39, 0.29) is 42.3 Å². The number of H-pyrrole nitrogens is 1. The van der Waals surface area contributed by atoms with Crippen LogP contribution in [0.5, 0.6) is 11.8 Å². The van der Waals surface area contributed by atoms with Crippen LogP contribution in [0.4, 0.5) is 10.2 Å². The third-order valence-electron chi connectivity index (χ3n) is 11.5. The van der Waals surface area contributed by atoms with Gasteiger partial charge in [-0.05, 0) is 62.1 Å². The van der Waals surface area contributed by atoms with E-state index in [0.717, 1.165) is 65.9 Å². The zero-order valence-electron chi connectivity index (χ0n) is 31.6. The number of aromatic nitrogens is 7. The van der Waals surface area contributed by atoms with Gasteiger partial charge in [-0.1, -0.05) is 54.9 Å². The molecule has 3 unspecified atom stereocenters. The molecule has 3 fully saturated rings. The molecule has 14 heteroatoms. The normalized spacial score (nSPS) is 19.2. The summed E-state index contributed by atoms with van der Waals surface area (Å²) in [6, 6.07) is 12.8. The van der Waals surface area contributed by atoms with E-state index >= 15 is 4.39 Å². The number of hydrogen-bond acceptors (Lipinski definition) is 10. The molecule has 3 aromatic heterocycles. The number of nitrogens with zero attached hydrogens (tertiary/aromatic N) is 7. The first kappa shape index (κ1) is 35.8. The van der Waals surface area contributed by atoms with E-state index in [0.29, 0.717) is 51.3 Å². The first-order valence-electron chi connectivity index (χ1n) is 19.2. The summed E-state index contributed by atoms with van der Waals surface area (Å²) >= 11 is 6.95. The smallest absolute Gasteiger partial charge is 0.319 e. The Kier molecular flexibility index (Phi) is 9.34. The summed E-state index contributed by atoms with van der Waals surface area (Å²) < 4.78 is 36.3. The van der Waals surface area contributed by atoms with Crippen molar-refractivity contribution in [2.24, 2.45) is 5.92 Å². The number of hydrogen-bond donors (Lipinski definition) is 2. The molecule has 0 spiro atoms. The molecule has 2 bridgehead atoms. The van der Waals surface area contributed by atoms with E-state index in [9.17, 15) is 0 Å². The van der Waals surface area contributed by atoms with Gasteiger partial charge in [0.1, 0.15) is 36.1 Å². The van der Waals surface area contributed by atoms with Crippen molar-refractivity contribution in [1.82, 2.24) is 40.5 Å². The standard InChI is InChI=1S/C41H45ClFN9O3/c1-21(2)23(4)52-18-34(49-50-52)26-8-6-24(7-9-26)20-54-39-36(35-31-16-45-48-33(31)14-32(43)37(35)42)29(25-10-11-25)13-30-38(39)46-41(55-19-22(3)53-5)47-40(30)51-17-27-12-28(51)15-44-27/h6-9,13-14,16,18,21-23,25,27-28,44H,10-12,15,17,19-20H2,1-5H3,(H,45,48)/t22-,23?,27?,28?/m0/s1. The lowest BCUT2D eigenvalue weighted by molar-refractivity contribution is 0.0682. The molecule has 9 rings (SSSR count). The number of piperazine rings is 1. The van der Waals surface area contributed by atoms with Crippen LogP contribution in [0.2, 0.25) is 5.02 Å². The third kappa shape index (κ3) is 6.65. The molecule has 12 nitrogen and oxygen atoms in total. The van der Waals surface area contributed by atoms with Gasteiger partial charge < -0.3 is 24.4 Å². The van der Waals surface area contributed by atoms with Crippen LogP contribution >= 0.6 is 11.6 Å². The Morgan fingerprint density at radius 3 is 2.55 bits per heavy atom. The molecule has 1 saturated carbocycles. The van der Waals surface area contributed by atoms with Crippen LogP contribution in [0.1, 0.15) is 70.0 Å². The van der Waals surface area contributed by atoms with Gasteiger partial charge in [-0.15, -0.1) is 5.10 Å². The molecule has 0 radical (unpaired) electrons. The molecular weight excluding hydrogens is 721 g/mol. The van der Waals surface area contributed by atoms with E-state index in [2.05, 4.69) is 57.6 Å². The van der Waals surface area contributed by atoms with Gasteiger partial charge in [0, 0.05) is 65.8 Å². The maximum atomic E-state index is 15.7. The molecule has 2 aliphatic heterocycles. The van der Waals surface area contributed by atoms with Crippen molar-refractivity contribution in [3.8, 4) is 34.1 Å². The first-order valence-corrected chi connectivity index (χ1v) is 19.5. The summed E-state index contributed by atoms with van der Waals surface area (Å²) in [5.74, 6) is 1.43. The second-order valence-electron chi connectivity index (χ2n) is 15.6. The van der Waals surface area contributed by atoms with Crippen LogP contribution in [0.15, 0.2) is 48.8 Å². The average Bonchev–Trinajstić information content (AvgIpc) is 3.55. The van der Waals surface area contributed by atoms with Crippen molar-refractivity contribution in [3.05, 3.63) is 70.8 Å². The summed E-state index contributed by atoms with van der Waals surface area (Å²) in [6.45, 7) is 10.6. The van der Waals surface area contributed by atoms with Crippen molar-refractivity contribution in [3.63, 3.8) is 0 Å². The largest absolute Gasteiger partial charge is 0.486 e. The molecule has 2 N–H and O–H groups in total. The number of aromatic amines is 1. The van der Waals surface area contributed by atoms with E-state index in [1.807, 2.05) is 42.1 Å². The number of rotatable bonds is 13. The molecule has 1 aliphatic carbocycles. The van der Waals surface area contributed by atoms with Crippen molar-refractivity contribution in [2.75, 3.05) is 31.7 Å². The highest BCUT2D eigenvalue weighted by Crippen LogP contribution is 2.54. The number of anilines is 1. The molecule has 6 aromatic rings. The molecule has 5 heterocycles. The number of benzene rings is 3. The van der Waals surface area contributed by atoms with E-state index in [4.69, 9.17) is 35.8 Å². The molecule has 0 amide bonds. The Labute approximate surface area is 323 Å². The fourth-order valence-electron chi connectivity index (χ4n) is 7.82. The van der Waals surface area contributed by atoms with Gasteiger partial charge in [0.25, 0.3) is 0 Å². The maximum Gasteiger partial charge on any atom is 0.319 e. The van der Waals surface area contributed by atoms with Gasteiger partial charge in [0.05, 0.1) is 35.1 Å². The van der Waals surface area contributed by atoms with Crippen LogP contribution in [0.25, 0.3) is 44.2 Å². The highest BCUT2D eigenvalue weighted by atomic mass is 35.5. The Morgan fingerprint density at radius 1 is 1.02 bits per heavy atom. The van der Waals surface area contributed by atoms with Crippen LogP contribution in [0, 0.1) is 11.7 Å². The number of halogens is 2. The molecule has 2 saturated heterocycles. The number of nitrogens with one attached hydrogen (secondary N) is 2. The third-order valence-corrected chi connectivity index (χ3v) is 11.9. The molecule has 3 aromatic carbocycles. The van der Waals surface area contributed by atoms with Crippen LogP contribution < -0.4 is 19.7 Å². The highest BCUT2D eigenvalue weighted by molar-refractivity contribution is 6.35. The Bertz CT molecular complexity index is 2380. The fraction of sp³-hybridized carbons (Fsp3) is 0.439. The Hall–Kier alpha value is -4.85. The monoisotopic (exact) mass is 765 g/mol. The van der Waals surface area contributed by atoms with Crippen molar-refractivity contribution >= 4 is 39.2 Å². The Morgan fingerprint density at radius 2 is 1.84 bits per heavy atom. The summed E-state index contributed by atoms with van der Waals surface area (Å²) in [7, 11) is 1.65. The van der Waals surface area contributed by atoms with Crippen molar-refractivity contribution < 1.29 is 18.6 Å². The predicted octanol–water partition coefficient (Wildman–Crippen LogP) is 7.86. The maximum absolute atomic E-state index is 15.7. The second kappa shape index (κ2) is 14.3. The fourth-order valence-corrected chi connectivity index (χ4v) is 8.07. The quantitative estimate of drug-likeness (QED) is 0.120. The zero-order valence-corrected chi connectivity index (χ0v) is 32.4. The summed E-state index contributed by atoms with van der Waals surface area (Å²) in [6.07, 6.45) is 6.53. The SMILES string of the molecule is CO[C@@H](C)COc1nc(N2CC3CC2CN3)c2cc(C3CC3)c(-c3c(Cl)c(F)cc4[nH]ncc34)c(OCc3ccc(-c4cn(C(C)C(C)C)nn4)cc3)c2n1. The van der Waals surface area contributed by atoms with Gasteiger partial charge in [0.15, 0.2) is 5.75 Å². The van der Waals surface area contributed by atoms with Crippen molar-refractivity contribution in [2.45, 2.75) is 83.7 Å². The van der Waals surface area contributed by atoms with Gasteiger partial charge in [-0.2, -0.15) is 15.1 Å².